The number of benzene rings is 2. The number of ether oxygens (including phenoxy) is 1. The third-order valence-electron chi connectivity index (χ3n) is 10.7. The molecule has 5 amide bonds. The van der Waals surface area contributed by atoms with Crippen molar-refractivity contribution in [2.75, 3.05) is 45.8 Å². The standard InChI is InChI=1S/C46H72N6O8S3/c1-31(2)37(30-33(4)42(55)51-63(58,59)36-23-17-32(3)18-24-36)52(12)44(57)41(45(5,6)7)50-43(56)40(48-11)46(8,9)34-19-21-35(22-20-34)60-27-29-62-61-28-25-39(54)49-26-15-13-14-16-38(53)47-10/h17-24,30-31,37,40-41,48H,13-16,25-29H2,1-12H3,(H,47,53)(H,49,54)(H,50,56)(H,51,55)/b33-30+/t37-,40-,41-/m1/s1. The van der Waals surface area contributed by atoms with E-state index in [1.165, 1.54) is 24.0 Å². The van der Waals surface area contributed by atoms with Gasteiger partial charge in [0.1, 0.15) is 11.8 Å². The van der Waals surface area contributed by atoms with Gasteiger partial charge >= 0.3 is 0 Å². The second-order valence-corrected chi connectivity index (χ2v) is 22.0. The van der Waals surface area contributed by atoms with E-state index in [-0.39, 0.29) is 40.0 Å². The number of sulfonamides is 1. The summed E-state index contributed by atoms with van der Waals surface area (Å²) in [5, 5.41) is 11.7. The van der Waals surface area contributed by atoms with E-state index in [4.69, 9.17) is 4.74 Å². The largest absolute Gasteiger partial charge is 0.493 e. The van der Waals surface area contributed by atoms with Crippen LogP contribution in [0.2, 0.25) is 0 Å². The number of nitrogens with one attached hydrogen (secondary N) is 5. The van der Waals surface area contributed by atoms with Crippen molar-refractivity contribution in [1.29, 1.82) is 0 Å². The predicted molar refractivity (Wildman–Crippen MR) is 256 cm³/mol. The summed E-state index contributed by atoms with van der Waals surface area (Å²) in [5.74, 6) is 0.493. The van der Waals surface area contributed by atoms with Crippen LogP contribution in [0.3, 0.4) is 0 Å². The fraction of sp³-hybridized carbons (Fsp3) is 0.587. The van der Waals surface area contributed by atoms with E-state index in [1.54, 1.807) is 60.9 Å². The van der Waals surface area contributed by atoms with Crippen LogP contribution in [-0.2, 0) is 39.4 Å². The first-order valence-corrected chi connectivity index (χ1v) is 25.4. The molecule has 63 heavy (non-hydrogen) atoms. The van der Waals surface area contributed by atoms with E-state index in [0.29, 0.717) is 37.5 Å². The van der Waals surface area contributed by atoms with Crippen molar-refractivity contribution in [3.8, 4) is 5.75 Å². The number of hydrogen-bond donors (Lipinski definition) is 5. The molecular formula is C46H72N6O8S3. The first-order valence-electron chi connectivity index (χ1n) is 21.5. The third kappa shape index (κ3) is 18.2. The molecule has 0 aliphatic rings. The third-order valence-corrected chi connectivity index (χ3v) is 14.4. The van der Waals surface area contributed by atoms with Gasteiger partial charge in [-0.1, -0.05) is 112 Å². The molecular weight excluding hydrogens is 861 g/mol. The Morgan fingerprint density at radius 3 is 2.02 bits per heavy atom. The number of carbonyl (C=O) groups excluding carboxylic acids is 5. The van der Waals surface area contributed by atoms with E-state index in [0.717, 1.165) is 36.1 Å². The molecule has 0 radical (unpaired) electrons. The number of unbranched alkanes of at least 4 members (excludes halogenated alkanes) is 2. The molecule has 2 aromatic rings. The Morgan fingerprint density at radius 2 is 1.44 bits per heavy atom. The lowest BCUT2D eigenvalue weighted by Gasteiger charge is -2.40. The van der Waals surface area contributed by atoms with Crippen molar-refractivity contribution in [3.63, 3.8) is 0 Å². The van der Waals surface area contributed by atoms with Gasteiger partial charge in [-0.05, 0) is 74.9 Å². The van der Waals surface area contributed by atoms with Gasteiger partial charge in [-0.3, -0.25) is 24.0 Å². The van der Waals surface area contributed by atoms with E-state index in [2.05, 4.69) is 26.0 Å². The lowest BCUT2D eigenvalue weighted by molar-refractivity contribution is -0.141. The summed E-state index contributed by atoms with van der Waals surface area (Å²) in [6, 6.07) is 11.5. The summed E-state index contributed by atoms with van der Waals surface area (Å²) in [7, 11) is 4.11. The van der Waals surface area contributed by atoms with Crippen LogP contribution in [0.15, 0.2) is 65.1 Å². The second kappa shape index (κ2) is 26.0. The summed E-state index contributed by atoms with van der Waals surface area (Å²) in [5.41, 5.74) is 0.471. The molecule has 0 saturated heterocycles. The van der Waals surface area contributed by atoms with E-state index >= 15 is 0 Å². The summed E-state index contributed by atoms with van der Waals surface area (Å²) >= 11 is 0. The number of hydrogen-bond acceptors (Lipinski definition) is 11. The van der Waals surface area contributed by atoms with E-state index in [1.807, 2.05) is 79.7 Å². The molecule has 0 bridgehead atoms. The zero-order chi connectivity index (χ0) is 47.5. The SMILES string of the molecule is CNC(=O)CCCCCNC(=O)CCSSCCOc1ccc(C(C)(C)[C@H](NC)C(=O)N[C@H](C(=O)N(C)[C@H](/C=C(\C)C(=O)NS(=O)(=O)c2ccc(C)cc2)C(C)C)C(C)(C)C)cc1. The zero-order valence-corrected chi connectivity index (χ0v) is 41.8. The molecule has 14 nitrogen and oxygen atoms in total. The topological polar surface area (TPSA) is 192 Å². The fourth-order valence-electron chi connectivity index (χ4n) is 6.73. The minimum atomic E-state index is -4.12. The molecule has 0 aromatic heterocycles. The molecule has 3 atom stereocenters. The number of carbonyl (C=O) groups is 5. The van der Waals surface area contributed by atoms with Crippen molar-refractivity contribution in [3.05, 3.63) is 71.3 Å². The van der Waals surface area contributed by atoms with Gasteiger partial charge in [0.05, 0.1) is 23.6 Å². The summed E-state index contributed by atoms with van der Waals surface area (Å²) in [6.07, 6.45) is 5.09. The maximum atomic E-state index is 14.3. The highest BCUT2D eigenvalue weighted by molar-refractivity contribution is 8.76. The molecule has 352 valence electrons. The van der Waals surface area contributed by atoms with Gasteiger partial charge in [-0.15, -0.1) is 0 Å². The molecule has 17 heteroatoms. The van der Waals surface area contributed by atoms with Crippen LogP contribution in [0.1, 0.15) is 98.6 Å². The van der Waals surface area contributed by atoms with Crippen LogP contribution in [0, 0.1) is 18.3 Å². The number of likely N-dealkylation sites (N-methyl/N-ethyl adjacent to an activating group) is 2. The Kier molecular flexibility index (Phi) is 22.8. The molecule has 5 N–H and O–H groups in total. The molecule has 0 saturated carbocycles. The van der Waals surface area contributed by atoms with Gasteiger partial charge in [-0.25, -0.2) is 13.1 Å². The van der Waals surface area contributed by atoms with Crippen LogP contribution >= 0.6 is 21.6 Å². The molecule has 0 heterocycles. The lowest BCUT2D eigenvalue weighted by atomic mass is 9.76. The maximum Gasteiger partial charge on any atom is 0.264 e. The summed E-state index contributed by atoms with van der Waals surface area (Å²) < 4.78 is 34.0. The average Bonchev–Trinajstić information content (AvgIpc) is 3.21. The molecule has 0 aliphatic carbocycles. The molecule has 0 unspecified atom stereocenters. The first-order chi connectivity index (χ1) is 29.5. The maximum absolute atomic E-state index is 14.3. The van der Waals surface area contributed by atoms with Crippen molar-refractivity contribution >= 4 is 61.1 Å². The molecule has 2 aromatic carbocycles. The number of amides is 5. The van der Waals surface area contributed by atoms with Crippen LogP contribution in [-0.4, -0.2) is 107 Å². The van der Waals surface area contributed by atoms with Crippen LogP contribution in [0.4, 0.5) is 0 Å². The van der Waals surface area contributed by atoms with Gasteiger partial charge in [-0.2, -0.15) is 0 Å². The van der Waals surface area contributed by atoms with Gasteiger partial charge in [0.25, 0.3) is 15.9 Å². The Hall–Kier alpha value is -4.06. The second-order valence-electron chi connectivity index (χ2n) is 17.6. The van der Waals surface area contributed by atoms with Gasteiger partial charge in [0.15, 0.2) is 0 Å². The first kappa shape index (κ1) is 55.1. The van der Waals surface area contributed by atoms with Crippen LogP contribution < -0.4 is 30.7 Å². The number of nitrogens with zero attached hydrogens (tertiary/aromatic N) is 1. The monoisotopic (exact) mass is 932 g/mol. The van der Waals surface area contributed by atoms with Crippen molar-refractivity contribution in [1.82, 2.24) is 30.9 Å². The number of aryl methyl sites for hydroxylation is 1. The highest BCUT2D eigenvalue weighted by Gasteiger charge is 2.41. The van der Waals surface area contributed by atoms with Crippen molar-refractivity contribution in [2.24, 2.45) is 11.3 Å². The highest BCUT2D eigenvalue weighted by atomic mass is 33.1. The summed E-state index contributed by atoms with van der Waals surface area (Å²) in [4.78, 5) is 66.5. The molecule has 0 fully saturated rings. The van der Waals surface area contributed by atoms with Gasteiger partial charge in [0, 0.05) is 56.0 Å². The highest BCUT2D eigenvalue weighted by Crippen LogP contribution is 2.31. The smallest absolute Gasteiger partial charge is 0.264 e. The molecule has 0 spiro atoms. The number of rotatable bonds is 26. The van der Waals surface area contributed by atoms with Crippen LogP contribution in [0.25, 0.3) is 0 Å². The molecule has 2 rings (SSSR count). The average molecular weight is 933 g/mol. The van der Waals surface area contributed by atoms with E-state index in [9.17, 15) is 32.4 Å². The summed E-state index contributed by atoms with van der Waals surface area (Å²) in [6.45, 7) is 17.8. The van der Waals surface area contributed by atoms with Crippen molar-refractivity contribution in [2.45, 2.75) is 123 Å². The Morgan fingerprint density at radius 1 is 0.825 bits per heavy atom. The lowest BCUT2D eigenvalue weighted by Crippen LogP contribution is -2.61. The molecule has 0 aliphatic heterocycles. The van der Waals surface area contributed by atoms with Crippen LogP contribution in [0.5, 0.6) is 5.75 Å². The quantitative estimate of drug-likeness (QED) is 0.0429. The van der Waals surface area contributed by atoms with Crippen molar-refractivity contribution < 1.29 is 37.1 Å². The van der Waals surface area contributed by atoms with Gasteiger partial charge < -0.3 is 30.9 Å². The Bertz CT molecular complexity index is 1950. The van der Waals surface area contributed by atoms with E-state index < -0.39 is 44.9 Å². The predicted octanol–water partition coefficient (Wildman–Crippen LogP) is 5.90. The fourth-order valence-corrected chi connectivity index (χ4v) is 9.56. The minimum absolute atomic E-state index is 0.0257. The zero-order valence-electron chi connectivity index (χ0n) is 39.3. The Labute approximate surface area is 384 Å². The normalized spacial score (nSPS) is 13.7. The van der Waals surface area contributed by atoms with Gasteiger partial charge in [0.2, 0.25) is 23.6 Å². The Balaban J connectivity index is 2.00. The minimum Gasteiger partial charge on any atom is -0.493 e.